The Morgan fingerprint density at radius 3 is 1.62 bits per heavy atom. The molecule has 2 heterocycles. The molecule has 0 N–H and O–H groups in total. The van der Waals surface area contributed by atoms with Crippen LogP contribution in [0.1, 0.15) is 0 Å². The van der Waals surface area contributed by atoms with E-state index in [1.54, 1.807) is 0 Å². The summed E-state index contributed by atoms with van der Waals surface area (Å²) in [6, 6.07) is 64.8. The molecule has 50 heavy (non-hydrogen) atoms. The number of anilines is 6. The van der Waals surface area contributed by atoms with Crippen LogP contribution in [0.5, 0.6) is 0 Å². The minimum atomic E-state index is 0.874. The minimum absolute atomic E-state index is 0.874. The Morgan fingerprint density at radius 1 is 0.340 bits per heavy atom. The zero-order valence-electron chi connectivity index (χ0n) is 27.0. The van der Waals surface area contributed by atoms with E-state index in [0.29, 0.717) is 0 Å². The van der Waals surface area contributed by atoms with Crippen molar-refractivity contribution in [2.75, 3.05) is 9.80 Å². The monoisotopic (exact) mass is 658 g/mol. The lowest BCUT2D eigenvalue weighted by Gasteiger charge is -2.30. The summed E-state index contributed by atoms with van der Waals surface area (Å²) in [4.78, 5) is 4.81. The maximum Gasteiger partial charge on any atom is 0.137 e. The van der Waals surface area contributed by atoms with E-state index in [-0.39, 0.29) is 0 Å². The molecule has 0 fully saturated rings. The third-order valence-corrected chi connectivity index (χ3v) is 10.9. The van der Waals surface area contributed by atoms with Crippen molar-refractivity contribution in [3.63, 3.8) is 0 Å². The van der Waals surface area contributed by atoms with Crippen molar-refractivity contribution < 1.29 is 4.42 Å². The first-order valence-electron chi connectivity index (χ1n) is 16.9. The second-order valence-electron chi connectivity index (χ2n) is 12.5. The van der Waals surface area contributed by atoms with Gasteiger partial charge in [0, 0.05) is 37.9 Å². The number of hydrogen-bond donors (Lipinski definition) is 0. The van der Waals surface area contributed by atoms with Gasteiger partial charge in [-0.15, -0.1) is 11.3 Å². The first-order chi connectivity index (χ1) is 24.8. The minimum Gasteiger partial charge on any atom is -0.456 e. The average Bonchev–Trinajstić information content (AvgIpc) is 3.77. The van der Waals surface area contributed by atoms with E-state index < -0.39 is 0 Å². The topological polar surface area (TPSA) is 19.6 Å². The van der Waals surface area contributed by atoms with E-state index >= 15 is 0 Å². The fourth-order valence-corrected chi connectivity index (χ4v) is 8.81. The van der Waals surface area contributed by atoms with Gasteiger partial charge in [0.15, 0.2) is 0 Å². The van der Waals surface area contributed by atoms with Gasteiger partial charge in [0.2, 0.25) is 0 Å². The number of para-hydroxylation sites is 4. The highest BCUT2D eigenvalue weighted by Crippen LogP contribution is 2.53. The van der Waals surface area contributed by atoms with Crippen LogP contribution < -0.4 is 9.80 Å². The highest BCUT2D eigenvalue weighted by atomic mass is 32.1. The van der Waals surface area contributed by atoms with Gasteiger partial charge in [0.05, 0.1) is 27.1 Å². The molecule has 0 bridgehead atoms. The lowest BCUT2D eigenvalue weighted by Crippen LogP contribution is -2.13. The van der Waals surface area contributed by atoms with E-state index in [1.165, 1.54) is 30.9 Å². The summed E-state index contributed by atoms with van der Waals surface area (Å²) in [7, 11) is 0. The van der Waals surface area contributed by atoms with Crippen molar-refractivity contribution in [1.82, 2.24) is 0 Å². The molecule has 0 aliphatic carbocycles. The highest BCUT2D eigenvalue weighted by Gasteiger charge is 2.26. The van der Waals surface area contributed by atoms with E-state index in [9.17, 15) is 0 Å². The van der Waals surface area contributed by atoms with Gasteiger partial charge in [-0.25, -0.2) is 0 Å². The number of hydrogen-bond acceptors (Lipinski definition) is 4. The predicted octanol–water partition coefficient (Wildman–Crippen LogP) is 14.0. The third kappa shape index (κ3) is 4.50. The zero-order valence-corrected chi connectivity index (χ0v) is 27.8. The smallest absolute Gasteiger partial charge is 0.137 e. The van der Waals surface area contributed by atoms with Gasteiger partial charge in [-0.05, 0) is 77.5 Å². The van der Waals surface area contributed by atoms with Crippen molar-refractivity contribution in [2.45, 2.75) is 0 Å². The highest BCUT2D eigenvalue weighted by molar-refractivity contribution is 7.27. The summed E-state index contributed by atoms with van der Waals surface area (Å²) in [5, 5.41) is 7.19. The lowest BCUT2D eigenvalue weighted by molar-refractivity contribution is 0.669. The standard InChI is InChI=1S/C46H30N2OS/c1-4-16-32(17-5-1)47(33-18-6-2-7-19-33)39-29-30-40(46-44(39)37-28-27-31-15-10-11-22-35(31)45(37)50-46)48(34-20-8-3-9-21-34)38-24-14-26-42-43(38)36-23-12-13-25-41(36)49-42/h1-30H. The second-order valence-corrected chi connectivity index (χ2v) is 13.5. The van der Waals surface area contributed by atoms with Crippen LogP contribution in [-0.4, -0.2) is 0 Å². The van der Waals surface area contributed by atoms with Crippen LogP contribution in [0.2, 0.25) is 0 Å². The van der Waals surface area contributed by atoms with Gasteiger partial charge in [-0.1, -0.05) is 115 Å². The normalized spacial score (nSPS) is 11.6. The molecule has 236 valence electrons. The molecule has 0 aliphatic heterocycles. The molecule has 0 amide bonds. The zero-order chi connectivity index (χ0) is 33.0. The number of furan rings is 1. The van der Waals surface area contributed by atoms with Gasteiger partial charge in [-0.3, -0.25) is 0 Å². The van der Waals surface area contributed by atoms with Crippen LogP contribution in [0, 0.1) is 0 Å². The van der Waals surface area contributed by atoms with Gasteiger partial charge >= 0.3 is 0 Å². The molecule has 4 heteroatoms. The molecule has 3 nitrogen and oxygen atoms in total. The Morgan fingerprint density at radius 2 is 0.900 bits per heavy atom. The molecular weight excluding hydrogens is 629 g/mol. The Hall–Kier alpha value is -6.36. The molecule has 0 radical (unpaired) electrons. The fraction of sp³-hybridized carbons (Fsp3) is 0. The Kier molecular flexibility index (Phi) is 6.68. The summed E-state index contributed by atoms with van der Waals surface area (Å²) in [6.07, 6.45) is 0. The van der Waals surface area contributed by atoms with Crippen LogP contribution in [0.3, 0.4) is 0 Å². The Bertz CT molecular complexity index is 2780. The molecular formula is C46H30N2OS. The van der Waals surface area contributed by atoms with Crippen molar-refractivity contribution in [3.05, 3.63) is 182 Å². The summed E-state index contributed by atoms with van der Waals surface area (Å²) in [5.41, 5.74) is 8.42. The summed E-state index contributed by atoms with van der Waals surface area (Å²) < 4.78 is 8.92. The molecule has 10 aromatic rings. The third-order valence-electron chi connectivity index (χ3n) is 9.61. The van der Waals surface area contributed by atoms with Crippen molar-refractivity contribution >= 4 is 98.3 Å². The Labute approximate surface area is 293 Å². The quantitative estimate of drug-likeness (QED) is 0.177. The SMILES string of the molecule is c1ccc(N(c2ccc(N(c3ccccc3)c3ccccc3)c3c2sc2c4ccccc4ccc23)c2cccc3oc4ccccc4c23)cc1. The van der Waals surface area contributed by atoms with E-state index in [4.69, 9.17) is 4.42 Å². The van der Waals surface area contributed by atoms with Crippen molar-refractivity contribution in [3.8, 4) is 0 Å². The van der Waals surface area contributed by atoms with Gasteiger partial charge in [0.1, 0.15) is 11.2 Å². The molecule has 0 saturated carbocycles. The number of thiophene rings is 1. The largest absolute Gasteiger partial charge is 0.456 e. The van der Waals surface area contributed by atoms with Gasteiger partial charge in [-0.2, -0.15) is 0 Å². The second kappa shape index (κ2) is 11.7. The van der Waals surface area contributed by atoms with Crippen molar-refractivity contribution in [1.29, 1.82) is 0 Å². The maximum atomic E-state index is 6.42. The van der Waals surface area contributed by atoms with E-state index in [2.05, 4.69) is 186 Å². The number of nitrogens with zero attached hydrogens (tertiary/aromatic N) is 2. The first-order valence-corrected chi connectivity index (χ1v) is 17.7. The maximum absolute atomic E-state index is 6.42. The average molecular weight is 659 g/mol. The molecule has 0 aliphatic rings. The molecule has 0 atom stereocenters. The summed E-state index contributed by atoms with van der Waals surface area (Å²) >= 11 is 1.88. The van der Waals surface area contributed by atoms with Crippen LogP contribution >= 0.6 is 11.3 Å². The molecule has 8 aromatic carbocycles. The molecule has 0 unspecified atom stereocenters. The Balaban J connectivity index is 1.34. The lowest BCUT2D eigenvalue weighted by atomic mass is 10.0. The molecule has 10 rings (SSSR count). The predicted molar refractivity (Wildman–Crippen MR) is 213 cm³/mol. The van der Waals surface area contributed by atoms with Gasteiger partial charge < -0.3 is 14.2 Å². The van der Waals surface area contributed by atoms with E-state index in [0.717, 1.165) is 56.1 Å². The number of rotatable bonds is 6. The van der Waals surface area contributed by atoms with Gasteiger partial charge in [0.25, 0.3) is 0 Å². The number of fused-ring (bicyclic) bond motifs is 8. The van der Waals surface area contributed by atoms with E-state index in [1.807, 2.05) is 17.4 Å². The molecule has 0 spiro atoms. The summed E-state index contributed by atoms with van der Waals surface area (Å²) in [5.74, 6) is 0. The molecule has 0 saturated heterocycles. The fourth-order valence-electron chi connectivity index (χ4n) is 7.45. The molecule has 2 aromatic heterocycles. The van der Waals surface area contributed by atoms with Crippen LogP contribution in [0.15, 0.2) is 186 Å². The van der Waals surface area contributed by atoms with Crippen molar-refractivity contribution in [2.24, 2.45) is 0 Å². The van der Waals surface area contributed by atoms with Crippen LogP contribution in [0.4, 0.5) is 34.1 Å². The summed E-state index contributed by atoms with van der Waals surface area (Å²) in [6.45, 7) is 0. The van der Waals surface area contributed by atoms with Crippen LogP contribution in [0.25, 0.3) is 52.9 Å². The first kappa shape index (κ1) is 28.6. The van der Waals surface area contributed by atoms with Crippen LogP contribution in [-0.2, 0) is 0 Å². The number of benzene rings is 8.